The lowest BCUT2D eigenvalue weighted by atomic mass is 10.1. The van der Waals surface area contributed by atoms with Gasteiger partial charge < -0.3 is 36.3 Å². The van der Waals surface area contributed by atoms with E-state index >= 15 is 0 Å². The average Bonchev–Trinajstić information content (AvgIpc) is 2.75. The monoisotopic (exact) mass is 544 g/mol. The third kappa shape index (κ3) is 19.3. The van der Waals surface area contributed by atoms with Crippen molar-refractivity contribution >= 4 is 29.8 Å². The van der Waals surface area contributed by atoms with Crippen LogP contribution in [0.5, 0.6) is 0 Å². The summed E-state index contributed by atoms with van der Waals surface area (Å²) in [4.78, 5) is 60.9. The Hall–Kier alpha value is -2.89. The topological polar surface area (TPSA) is 186 Å². The first-order valence-corrected chi connectivity index (χ1v) is 13.3. The summed E-state index contributed by atoms with van der Waals surface area (Å²) in [6, 6.07) is -3.06. The Kier molecular flexibility index (Phi) is 16.3. The molecule has 6 N–H and O–H groups in total. The van der Waals surface area contributed by atoms with Crippen LogP contribution in [0.25, 0.3) is 0 Å². The SMILES string of the molecule is CC(C)(C)OC(=O)C(CCCCNC(=O)CCCCCN)NC(=O)NC(CCC(=O)O)C(=O)OC(C)(C)C. The quantitative estimate of drug-likeness (QED) is 0.135. The highest BCUT2D eigenvalue weighted by Gasteiger charge is 2.30. The summed E-state index contributed by atoms with van der Waals surface area (Å²) in [5, 5.41) is 16.8. The van der Waals surface area contributed by atoms with E-state index in [2.05, 4.69) is 16.0 Å². The van der Waals surface area contributed by atoms with Crippen LogP contribution < -0.4 is 21.7 Å². The molecule has 0 radical (unpaired) electrons. The molecule has 0 aliphatic heterocycles. The number of aliphatic carboxylic acids is 1. The van der Waals surface area contributed by atoms with E-state index in [1.54, 1.807) is 41.5 Å². The van der Waals surface area contributed by atoms with Gasteiger partial charge in [-0.2, -0.15) is 0 Å². The van der Waals surface area contributed by atoms with Gasteiger partial charge in [0.1, 0.15) is 23.3 Å². The summed E-state index contributed by atoms with van der Waals surface area (Å²) in [6.45, 7) is 11.1. The van der Waals surface area contributed by atoms with E-state index in [-0.39, 0.29) is 25.2 Å². The van der Waals surface area contributed by atoms with E-state index in [4.69, 9.17) is 20.3 Å². The van der Waals surface area contributed by atoms with Crippen LogP contribution in [-0.2, 0) is 28.7 Å². The summed E-state index contributed by atoms with van der Waals surface area (Å²) in [6.07, 6.45) is 3.78. The van der Waals surface area contributed by atoms with Crippen LogP contribution in [0.3, 0.4) is 0 Å². The molecule has 0 bridgehead atoms. The standard InChI is InChI=1S/C26H48N4O8/c1-25(2,3)37-22(34)18(12-9-11-17-28-20(31)13-8-7-10-16-27)29-24(36)30-19(14-15-21(32)33)23(35)38-26(4,5)6/h18-19H,7-17,27H2,1-6H3,(H,28,31)(H,32,33)(H2,29,30,36). The maximum absolute atomic E-state index is 12.7. The summed E-state index contributed by atoms with van der Waals surface area (Å²) in [5.41, 5.74) is 3.82. The number of amides is 3. The van der Waals surface area contributed by atoms with E-state index in [0.717, 1.165) is 19.3 Å². The van der Waals surface area contributed by atoms with E-state index in [9.17, 15) is 24.0 Å². The fraction of sp³-hybridized carbons (Fsp3) is 0.808. The number of nitrogens with one attached hydrogen (secondary N) is 3. The normalized spacial score (nSPS) is 13.1. The van der Waals surface area contributed by atoms with Gasteiger partial charge in [0, 0.05) is 19.4 Å². The molecule has 0 heterocycles. The Morgan fingerprint density at radius 1 is 0.737 bits per heavy atom. The number of rotatable bonds is 17. The molecule has 0 saturated carbocycles. The first-order valence-electron chi connectivity index (χ1n) is 13.3. The van der Waals surface area contributed by atoms with Crippen molar-refractivity contribution in [1.82, 2.24) is 16.0 Å². The van der Waals surface area contributed by atoms with Crippen molar-refractivity contribution in [3.05, 3.63) is 0 Å². The molecule has 0 aromatic carbocycles. The molecule has 0 aliphatic rings. The number of carbonyl (C=O) groups is 5. The van der Waals surface area contributed by atoms with Crippen molar-refractivity contribution in [3.63, 3.8) is 0 Å². The van der Waals surface area contributed by atoms with Gasteiger partial charge in [-0.3, -0.25) is 9.59 Å². The molecule has 0 aromatic heterocycles. The zero-order valence-electron chi connectivity index (χ0n) is 23.8. The number of carboxylic acids is 1. The van der Waals surface area contributed by atoms with Crippen molar-refractivity contribution < 1.29 is 38.6 Å². The number of nitrogens with two attached hydrogens (primary N) is 1. The molecular formula is C26H48N4O8. The van der Waals surface area contributed by atoms with E-state index in [0.29, 0.717) is 32.4 Å². The van der Waals surface area contributed by atoms with Gasteiger partial charge >= 0.3 is 23.9 Å². The molecule has 0 aromatic rings. The van der Waals surface area contributed by atoms with Crippen LogP contribution >= 0.6 is 0 Å². The number of hydrogen-bond donors (Lipinski definition) is 5. The van der Waals surface area contributed by atoms with Gasteiger partial charge in [0.2, 0.25) is 5.91 Å². The molecule has 220 valence electrons. The molecule has 12 heteroatoms. The van der Waals surface area contributed by atoms with Crippen LogP contribution in [-0.4, -0.2) is 71.3 Å². The van der Waals surface area contributed by atoms with Gasteiger partial charge in [0.15, 0.2) is 0 Å². The second-order valence-corrected chi connectivity index (χ2v) is 11.2. The lowest BCUT2D eigenvalue weighted by Crippen LogP contribution is -2.53. The van der Waals surface area contributed by atoms with Crippen LogP contribution in [0.1, 0.15) is 99.3 Å². The first-order chi connectivity index (χ1) is 17.5. The molecule has 2 atom stereocenters. The molecular weight excluding hydrogens is 496 g/mol. The highest BCUT2D eigenvalue weighted by Crippen LogP contribution is 2.13. The molecule has 0 saturated heterocycles. The largest absolute Gasteiger partial charge is 0.481 e. The molecule has 2 unspecified atom stereocenters. The zero-order chi connectivity index (χ0) is 29.4. The Balaban J connectivity index is 5.05. The number of ether oxygens (including phenoxy) is 2. The zero-order valence-corrected chi connectivity index (χ0v) is 23.8. The van der Waals surface area contributed by atoms with Crippen LogP contribution in [0.2, 0.25) is 0 Å². The van der Waals surface area contributed by atoms with E-state index < -0.39 is 47.2 Å². The number of carboxylic acid groups (broad SMARTS) is 1. The van der Waals surface area contributed by atoms with Gasteiger partial charge in [-0.25, -0.2) is 14.4 Å². The van der Waals surface area contributed by atoms with Crippen LogP contribution in [0.4, 0.5) is 4.79 Å². The number of unbranched alkanes of at least 4 members (excludes halogenated alkanes) is 3. The maximum Gasteiger partial charge on any atom is 0.329 e. The van der Waals surface area contributed by atoms with Gasteiger partial charge in [-0.1, -0.05) is 6.42 Å². The number of carbonyl (C=O) groups excluding carboxylic acids is 4. The van der Waals surface area contributed by atoms with Gasteiger partial charge in [-0.15, -0.1) is 0 Å². The molecule has 0 rings (SSSR count). The minimum atomic E-state index is -1.22. The molecule has 0 spiro atoms. The third-order valence-electron chi connectivity index (χ3n) is 4.99. The Bertz CT molecular complexity index is 774. The van der Waals surface area contributed by atoms with Crippen LogP contribution in [0.15, 0.2) is 0 Å². The summed E-state index contributed by atoms with van der Waals surface area (Å²) >= 11 is 0. The Morgan fingerprint density at radius 2 is 1.26 bits per heavy atom. The predicted octanol–water partition coefficient (Wildman–Crippen LogP) is 2.38. The van der Waals surface area contributed by atoms with Crippen molar-refractivity contribution in [2.45, 2.75) is 123 Å². The molecule has 3 amide bonds. The molecule has 0 fully saturated rings. The van der Waals surface area contributed by atoms with Crippen molar-refractivity contribution in [2.24, 2.45) is 5.73 Å². The third-order valence-corrected chi connectivity index (χ3v) is 4.99. The fourth-order valence-electron chi connectivity index (χ4n) is 3.27. The highest BCUT2D eigenvalue weighted by molar-refractivity contribution is 5.87. The molecule has 0 aliphatic carbocycles. The molecule has 38 heavy (non-hydrogen) atoms. The number of esters is 2. The lowest BCUT2D eigenvalue weighted by molar-refractivity contribution is -0.158. The van der Waals surface area contributed by atoms with Gasteiger partial charge in [-0.05, 0) is 86.6 Å². The van der Waals surface area contributed by atoms with Gasteiger partial charge in [0.25, 0.3) is 0 Å². The fourth-order valence-corrected chi connectivity index (χ4v) is 3.27. The van der Waals surface area contributed by atoms with E-state index in [1.165, 1.54) is 0 Å². The lowest BCUT2D eigenvalue weighted by Gasteiger charge is -2.27. The summed E-state index contributed by atoms with van der Waals surface area (Å²) in [7, 11) is 0. The predicted molar refractivity (Wildman–Crippen MR) is 142 cm³/mol. The summed E-state index contributed by atoms with van der Waals surface area (Å²) < 4.78 is 10.7. The number of urea groups is 1. The van der Waals surface area contributed by atoms with Gasteiger partial charge in [0.05, 0.1) is 0 Å². The summed E-state index contributed by atoms with van der Waals surface area (Å²) in [5.74, 6) is -2.59. The second-order valence-electron chi connectivity index (χ2n) is 11.2. The Morgan fingerprint density at radius 3 is 1.74 bits per heavy atom. The highest BCUT2D eigenvalue weighted by atomic mass is 16.6. The number of hydrogen-bond acceptors (Lipinski definition) is 8. The van der Waals surface area contributed by atoms with Crippen molar-refractivity contribution in [1.29, 1.82) is 0 Å². The minimum Gasteiger partial charge on any atom is -0.481 e. The van der Waals surface area contributed by atoms with Crippen molar-refractivity contribution in [2.75, 3.05) is 13.1 Å². The second kappa shape index (κ2) is 17.6. The maximum atomic E-state index is 12.7. The first kappa shape index (κ1) is 35.1. The Labute approximate surface area is 226 Å². The van der Waals surface area contributed by atoms with Crippen LogP contribution in [0, 0.1) is 0 Å². The van der Waals surface area contributed by atoms with E-state index in [1.807, 2.05) is 0 Å². The average molecular weight is 545 g/mol. The minimum absolute atomic E-state index is 0.0437. The van der Waals surface area contributed by atoms with Crippen molar-refractivity contribution in [3.8, 4) is 0 Å². The molecule has 12 nitrogen and oxygen atoms in total. The smallest absolute Gasteiger partial charge is 0.329 e.